The van der Waals surface area contributed by atoms with E-state index >= 15 is 0 Å². The lowest BCUT2D eigenvalue weighted by Gasteiger charge is -2.39. The summed E-state index contributed by atoms with van der Waals surface area (Å²) in [6.45, 7) is 7.22. The number of ether oxygens (including phenoxy) is 3. The number of aromatic nitrogens is 3. The van der Waals surface area contributed by atoms with E-state index in [4.69, 9.17) is 24.3 Å². The molecule has 2 amide bonds. The molecule has 0 saturated carbocycles. The van der Waals surface area contributed by atoms with Crippen molar-refractivity contribution in [1.29, 1.82) is 0 Å². The maximum Gasteiger partial charge on any atom is 0.410 e. The van der Waals surface area contributed by atoms with Gasteiger partial charge in [0.15, 0.2) is 5.65 Å². The van der Waals surface area contributed by atoms with E-state index in [-0.39, 0.29) is 55.0 Å². The molecule has 12 heteroatoms. The van der Waals surface area contributed by atoms with E-state index in [1.54, 1.807) is 4.90 Å². The molecule has 3 unspecified atom stereocenters. The molecule has 4 fully saturated rings. The largest absolute Gasteiger partial charge is 0.472 e. The van der Waals surface area contributed by atoms with Crippen LogP contribution in [0.1, 0.15) is 75.8 Å². The summed E-state index contributed by atoms with van der Waals surface area (Å²) in [5.74, 6) is 1.56. The highest BCUT2D eigenvalue weighted by molar-refractivity contribution is 5.70. The van der Waals surface area contributed by atoms with Crippen molar-refractivity contribution >= 4 is 23.7 Å². The molecule has 7 rings (SSSR count). The summed E-state index contributed by atoms with van der Waals surface area (Å²) in [5, 5.41) is 11.7. The first-order valence-electron chi connectivity index (χ1n) is 16.9. The summed E-state index contributed by atoms with van der Waals surface area (Å²) >= 11 is 0. The van der Waals surface area contributed by atoms with Gasteiger partial charge in [-0.2, -0.15) is 14.6 Å². The number of likely N-dealkylation sites (tertiary alicyclic amines) is 1. The van der Waals surface area contributed by atoms with Gasteiger partial charge in [0.1, 0.15) is 24.6 Å². The number of anilines is 1. The zero-order valence-corrected chi connectivity index (χ0v) is 26.8. The molecule has 0 radical (unpaired) electrons. The zero-order valence-electron chi connectivity index (χ0n) is 26.8. The third-order valence-electron chi connectivity index (χ3n) is 9.80. The van der Waals surface area contributed by atoms with E-state index in [1.807, 2.05) is 52.0 Å². The first-order chi connectivity index (χ1) is 22.4. The summed E-state index contributed by atoms with van der Waals surface area (Å²) in [6, 6.07) is 12.1. The second-order valence-corrected chi connectivity index (χ2v) is 13.4. The first-order valence-corrected chi connectivity index (χ1v) is 16.9. The average Bonchev–Trinajstić information content (AvgIpc) is 3.79. The van der Waals surface area contributed by atoms with Gasteiger partial charge in [-0.05, 0) is 63.0 Å². The van der Waals surface area contributed by atoms with Gasteiger partial charge in [0.25, 0.3) is 0 Å². The Balaban J connectivity index is 1.03. The van der Waals surface area contributed by atoms with Crippen LogP contribution in [-0.2, 0) is 16.1 Å². The molecule has 6 heterocycles. The van der Waals surface area contributed by atoms with E-state index in [9.17, 15) is 9.59 Å². The van der Waals surface area contributed by atoms with Crippen LogP contribution < -0.4 is 15.4 Å². The van der Waals surface area contributed by atoms with Crippen LogP contribution in [0, 0.1) is 0 Å². The Bertz CT molecular complexity index is 1510. The van der Waals surface area contributed by atoms with E-state index in [0.29, 0.717) is 19.0 Å². The number of benzene rings is 1. The number of amides is 2. The molecular formula is C34H45N7O5. The number of hydrogen-bond acceptors (Lipinski definition) is 9. The molecule has 1 aromatic carbocycles. The number of carbonyl (C=O) groups excluding carboxylic acids is 2. The van der Waals surface area contributed by atoms with Crippen molar-refractivity contribution in [2.75, 3.05) is 31.5 Å². The van der Waals surface area contributed by atoms with Crippen LogP contribution in [0.2, 0.25) is 0 Å². The summed E-state index contributed by atoms with van der Waals surface area (Å²) in [4.78, 5) is 34.6. The van der Waals surface area contributed by atoms with E-state index in [1.165, 1.54) is 0 Å². The maximum atomic E-state index is 13.1. The van der Waals surface area contributed by atoms with Crippen molar-refractivity contribution in [3.05, 3.63) is 53.7 Å². The highest BCUT2D eigenvalue weighted by Gasteiger charge is 2.45. The third-order valence-corrected chi connectivity index (χ3v) is 9.80. The number of carbonyl (C=O) groups is 2. The van der Waals surface area contributed by atoms with Gasteiger partial charge < -0.3 is 34.6 Å². The van der Waals surface area contributed by atoms with Crippen LogP contribution >= 0.6 is 0 Å². The Morgan fingerprint density at radius 3 is 2.59 bits per heavy atom. The lowest BCUT2D eigenvalue weighted by atomic mass is 9.98. The van der Waals surface area contributed by atoms with Crippen molar-refractivity contribution < 1.29 is 23.8 Å². The van der Waals surface area contributed by atoms with E-state index < -0.39 is 0 Å². The number of piperidine rings is 2. The molecule has 4 aliphatic heterocycles. The summed E-state index contributed by atoms with van der Waals surface area (Å²) < 4.78 is 19.8. The molecule has 4 atom stereocenters. The number of nitrogens with one attached hydrogen (secondary N) is 2. The summed E-state index contributed by atoms with van der Waals surface area (Å²) in [6.07, 6.45) is 7.35. The van der Waals surface area contributed by atoms with E-state index in [0.717, 1.165) is 80.6 Å². The minimum atomic E-state index is -0.328. The van der Waals surface area contributed by atoms with Crippen molar-refractivity contribution in [3.63, 3.8) is 0 Å². The molecule has 3 aromatic rings. The van der Waals surface area contributed by atoms with Gasteiger partial charge >= 0.3 is 12.2 Å². The fraction of sp³-hybridized carbons (Fsp3) is 0.588. The quantitative estimate of drug-likeness (QED) is 0.356. The van der Waals surface area contributed by atoms with Crippen LogP contribution in [0.5, 0.6) is 5.88 Å². The normalized spacial score (nSPS) is 26.0. The van der Waals surface area contributed by atoms with Gasteiger partial charge in [-0.15, -0.1) is 0 Å². The SMILES string of the molecule is CC(C)c1cnn2c(NC3CC4CCC(C3)N4C(=O)OC3CCNC3)cc(O[C@@H]3CCCN(C(=O)OCc4ccccc4)C3)nc12. The van der Waals surface area contributed by atoms with Crippen LogP contribution in [-0.4, -0.2) is 93.1 Å². The van der Waals surface area contributed by atoms with Crippen LogP contribution in [0.15, 0.2) is 42.6 Å². The molecule has 2 aromatic heterocycles. The average molecular weight is 632 g/mol. The molecule has 12 nitrogen and oxygen atoms in total. The van der Waals surface area contributed by atoms with Crippen LogP contribution in [0.25, 0.3) is 5.65 Å². The Kier molecular flexibility index (Phi) is 8.88. The minimum Gasteiger partial charge on any atom is -0.472 e. The fourth-order valence-electron chi connectivity index (χ4n) is 7.44. The van der Waals surface area contributed by atoms with Gasteiger partial charge in [-0.1, -0.05) is 44.2 Å². The maximum absolute atomic E-state index is 13.1. The fourth-order valence-corrected chi connectivity index (χ4v) is 7.44. The standard InChI is InChI=1S/C34H45N7O5/c1-22(2)29-19-36-41-30(37-24-15-25-10-11-26(16-24)40(25)34(43)46-27-12-13-35-18-27)17-31(38-32(29)41)45-28-9-6-14-39(20-28)33(42)44-21-23-7-4-3-5-8-23/h3-5,7-8,17,19,22,24-28,35,37H,6,9-16,18,20-21H2,1-2H3/t24?,25?,26?,27?,28-/m1/s1. The predicted molar refractivity (Wildman–Crippen MR) is 172 cm³/mol. The first kappa shape index (κ1) is 30.6. The van der Waals surface area contributed by atoms with Crippen LogP contribution in [0.3, 0.4) is 0 Å². The minimum absolute atomic E-state index is 0.0302. The van der Waals surface area contributed by atoms with Crippen molar-refractivity contribution in [2.24, 2.45) is 0 Å². The van der Waals surface area contributed by atoms with Crippen LogP contribution in [0.4, 0.5) is 15.4 Å². The number of fused-ring (bicyclic) bond motifs is 3. The lowest BCUT2D eigenvalue weighted by Crippen LogP contribution is -2.50. The van der Waals surface area contributed by atoms with Crippen molar-refractivity contribution in [1.82, 2.24) is 29.7 Å². The second kappa shape index (κ2) is 13.4. The van der Waals surface area contributed by atoms with Gasteiger partial charge in [0, 0.05) is 42.8 Å². The second-order valence-electron chi connectivity index (χ2n) is 13.4. The van der Waals surface area contributed by atoms with Gasteiger partial charge in [0.2, 0.25) is 5.88 Å². The zero-order chi connectivity index (χ0) is 31.6. The molecule has 4 aliphatic rings. The number of hydrogen-bond donors (Lipinski definition) is 2. The Morgan fingerprint density at radius 2 is 1.85 bits per heavy atom. The van der Waals surface area contributed by atoms with E-state index in [2.05, 4.69) is 24.5 Å². The molecule has 46 heavy (non-hydrogen) atoms. The predicted octanol–water partition coefficient (Wildman–Crippen LogP) is 4.94. The summed E-state index contributed by atoms with van der Waals surface area (Å²) in [5.41, 5.74) is 2.77. The van der Waals surface area contributed by atoms with Crippen molar-refractivity contribution in [3.8, 4) is 5.88 Å². The van der Waals surface area contributed by atoms with Gasteiger partial charge in [0.05, 0.1) is 12.7 Å². The smallest absolute Gasteiger partial charge is 0.410 e. The van der Waals surface area contributed by atoms with Gasteiger partial charge in [-0.25, -0.2) is 9.59 Å². The Labute approximate surface area is 269 Å². The molecule has 0 spiro atoms. The Hall–Kier alpha value is -4.06. The molecule has 4 saturated heterocycles. The third kappa shape index (κ3) is 6.58. The molecule has 2 bridgehead atoms. The topological polar surface area (TPSA) is 123 Å². The lowest BCUT2D eigenvalue weighted by molar-refractivity contribution is 0.0433. The monoisotopic (exact) mass is 631 g/mol. The highest BCUT2D eigenvalue weighted by atomic mass is 16.6. The molecular weight excluding hydrogens is 586 g/mol. The molecule has 246 valence electrons. The summed E-state index contributed by atoms with van der Waals surface area (Å²) in [7, 11) is 0. The molecule has 0 aliphatic carbocycles. The Morgan fingerprint density at radius 1 is 1.04 bits per heavy atom. The number of nitrogens with zero attached hydrogens (tertiary/aromatic N) is 5. The van der Waals surface area contributed by atoms with Crippen molar-refractivity contribution in [2.45, 2.75) is 102 Å². The van der Waals surface area contributed by atoms with Gasteiger partial charge in [-0.3, -0.25) is 0 Å². The number of rotatable bonds is 8. The molecule has 2 N–H and O–H groups in total. The highest BCUT2D eigenvalue weighted by Crippen LogP contribution is 2.38.